The fraction of sp³-hybridized carbons (Fsp3) is 0.417. The Balaban J connectivity index is 1.22. The van der Waals surface area contributed by atoms with Crippen molar-refractivity contribution >= 4 is 11.8 Å². The first-order chi connectivity index (χ1) is 14.6. The van der Waals surface area contributed by atoms with E-state index in [1.165, 1.54) is 29.8 Å². The van der Waals surface area contributed by atoms with Crippen molar-refractivity contribution in [1.29, 1.82) is 0 Å². The van der Waals surface area contributed by atoms with E-state index in [9.17, 15) is 14.0 Å². The molecule has 2 aromatic rings. The van der Waals surface area contributed by atoms with Crippen LogP contribution in [0, 0.1) is 11.7 Å². The van der Waals surface area contributed by atoms with Gasteiger partial charge in [0.1, 0.15) is 5.82 Å². The van der Waals surface area contributed by atoms with Crippen molar-refractivity contribution in [3.8, 4) is 0 Å². The van der Waals surface area contributed by atoms with E-state index < -0.39 is 0 Å². The van der Waals surface area contributed by atoms with Crippen LogP contribution in [-0.2, 0) is 11.3 Å². The molecule has 0 bridgehead atoms. The lowest BCUT2D eigenvalue weighted by atomic mass is 9.95. The molecule has 0 radical (unpaired) electrons. The Morgan fingerprint density at radius 1 is 0.933 bits per heavy atom. The van der Waals surface area contributed by atoms with E-state index >= 15 is 0 Å². The number of piperidine rings is 1. The summed E-state index contributed by atoms with van der Waals surface area (Å²) < 4.78 is 13.1. The minimum absolute atomic E-state index is 0.0505. The molecule has 0 unspecified atom stereocenters. The molecule has 2 saturated heterocycles. The summed E-state index contributed by atoms with van der Waals surface area (Å²) in [5.74, 6) is -0.390. The van der Waals surface area contributed by atoms with Crippen molar-refractivity contribution in [2.75, 3.05) is 26.2 Å². The SMILES string of the molecule is O=C(N[C@@H]1CCN(Cc2ccccc2)C1)C1CCN(C(=O)c2ccc(F)cc2)CC1. The highest BCUT2D eigenvalue weighted by molar-refractivity contribution is 5.94. The Bertz CT molecular complexity index is 864. The van der Waals surface area contributed by atoms with E-state index in [1.807, 2.05) is 6.07 Å². The van der Waals surface area contributed by atoms with Gasteiger partial charge in [0.25, 0.3) is 5.91 Å². The molecular formula is C24H28FN3O2. The average Bonchev–Trinajstić information content (AvgIpc) is 3.21. The summed E-state index contributed by atoms with van der Waals surface area (Å²) in [6.45, 7) is 3.89. The summed E-state index contributed by atoms with van der Waals surface area (Å²) in [6, 6.07) is 16.2. The van der Waals surface area contributed by atoms with Crippen molar-refractivity contribution in [1.82, 2.24) is 15.1 Å². The number of hydrogen-bond acceptors (Lipinski definition) is 3. The van der Waals surface area contributed by atoms with Gasteiger partial charge in [-0.1, -0.05) is 30.3 Å². The third-order valence-corrected chi connectivity index (χ3v) is 6.11. The van der Waals surface area contributed by atoms with Crippen molar-refractivity contribution in [3.05, 3.63) is 71.5 Å². The van der Waals surface area contributed by atoms with Crippen LogP contribution in [0.15, 0.2) is 54.6 Å². The Morgan fingerprint density at radius 2 is 1.63 bits per heavy atom. The molecule has 0 spiro atoms. The Labute approximate surface area is 176 Å². The van der Waals surface area contributed by atoms with Gasteiger partial charge >= 0.3 is 0 Å². The molecule has 4 rings (SSSR count). The number of hydrogen-bond donors (Lipinski definition) is 1. The monoisotopic (exact) mass is 409 g/mol. The van der Waals surface area contributed by atoms with Crippen molar-refractivity contribution in [3.63, 3.8) is 0 Å². The Kier molecular flexibility index (Phi) is 6.43. The molecule has 5 nitrogen and oxygen atoms in total. The van der Waals surface area contributed by atoms with Gasteiger partial charge in [0.05, 0.1) is 0 Å². The molecular weight excluding hydrogens is 381 g/mol. The lowest BCUT2D eigenvalue weighted by molar-refractivity contribution is -0.126. The molecule has 30 heavy (non-hydrogen) atoms. The smallest absolute Gasteiger partial charge is 0.253 e. The zero-order valence-corrected chi connectivity index (χ0v) is 17.1. The molecule has 158 valence electrons. The maximum absolute atomic E-state index is 13.1. The second kappa shape index (κ2) is 9.39. The normalized spacial score (nSPS) is 20.3. The topological polar surface area (TPSA) is 52.7 Å². The van der Waals surface area contributed by atoms with Gasteiger partial charge in [0.15, 0.2) is 0 Å². The van der Waals surface area contributed by atoms with E-state index in [0.29, 0.717) is 31.5 Å². The van der Waals surface area contributed by atoms with E-state index in [2.05, 4.69) is 34.5 Å². The third-order valence-electron chi connectivity index (χ3n) is 6.11. The summed E-state index contributed by atoms with van der Waals surface area (Å²) in [5.41, 5.74) is 1.78. The number of carbonyl (C=O) groups excluding carboxylic acids is 2. The van der Waals surface area contributed by atoms with Crippen LogP contribution in [0.3, 0.4) is 0 Å². The number of likely N-dealkylation sites (tertiary alicyclic amines) is 2. The Morgan fingerprint density at radius 3 is 2.33 bits per heavy atom. The minimum Gasteiger partial charge on any atom is -0.352 e. The highest BCUT2D eigenvalue weighted by Gasteiger charge is 2.30. The summed E-state index contributed by atoms with van der Waals surface area (Å²) in [6.07, 6.45) is 2.30. The van der Waals surface area contributed by atoms with E-state index in [4.69, 9.17) is 0 Å². The van der Waals surface area contributed by atoms with Gasteiger partial charge in [-0.15, -0.1) is 0 Å². The first-order valence-corrected chi connectivity index (χ1v) is 10.7. The fourth-order valence-corrected chi connectivity index (χ4v) is 4.37. The number of halogens is 1. The number of benzene rings is 2. The highest BCUT2D eigenvalue weighted by Crippen LogP contribution is 2.21. The van der Waals surface area contributed by atoms with Gasteiger partial charge < -0.3 is 10.2 Å². The Hall–Kier alpha value is -2.73. The lowest BCUT2D eigenvalue weighted by Crippen LogP contribution is -2.46. The van der Waals surface area contributed by atoms with Gasteiger partial charge in [-0.05, 0) is 49.1 Å². The molecule has 0 aliphatic carbocycles. The molecule has 2 fully saturated rings. The number of amides is 2. The first-order valence-electron chi connectivity index (χ1n) is 10.7. The quantitative estimate of drug-likeness (QED) is 0.826. The standard InChI is InChI=1S/C24H28FN3O2/c25-21-8-6-20(7-9-21)24(30)28-14-10-19(11-15-28)23(29)26-22-12-13-27(17-22)16-18-4-2-1-3-5-18/h1-9,19,22H,10-17H2,(H,26,29)/t22-/m1/s1. The van der Waals surface area contributed by atoms with Crippen LogP contribution in [-0.4, -0.2) is 53.8 Å². The van der Waals surface area contributed by atoms with Crippen LogP contribution in [0.4, 0.5) is 4.39 Å². The predicted molar refractivity (Wildman–Crippen MR) is 113 cm³/mol. The average molecular weight is 410 g/mol. The molecule has 0 aromatic heterocycles. The largest absolute Gasteiger partial charge is 0.352 e. The van der Waals surface area contributed by atoms with Crippen LogP contribution < -0.4 is 5.32 Å². The zero-order chi connectivity index (χ0) is 20.9. The molecule has 1 atom stereocenters. The summed E-state index contributed by atoms with van der Waals surface area (Å²) in [4.78, 5) is 29.4. The molecule has 6 heteroatoms. The number of rotatable bonds is 5. The van der Waals surface area contributed by atoms with Crippen molar-refractivity contribution in [2.45, 2.75) is 31.8 Å². The first kappa shape index (κ1) is 20.5. The second-order valence-electron chi connectivity index (χ2n) is 8.29. The molecule has 2 aliphatic heterocycles. The zero-order valence-electron chi connectivity index (χ0n) is 17.1. The molecule has 1 N–H and O–H groups in total. The van der Waals surface area contributed by atoms with Crippen molar-refractivity contribution < 1.29 is 14.0 Å². The predicted octanol–water partition coefficient (Wildman–Crippen LogP) is 3.07. The van der Waals surface area contributed by atoms with Gasteiger partial charge in [0, 0.05) is 50.2 Å². The second-order valence-corrected chi connectivity index (χ2v) is 8.29. The fourth-order valence-electron chi connectivity index (χ4n) is 4.37. The number of nitrogens with one attached hydrogen (secondary N) is 1. The number of nitrogens with zero attached hydrogens (tertiary/aromatic N) is 2. The summed E-state index contributed by atoms with van der Waals surface area (Å²) in [5, 5.41) is 3.22. The maximum Gasteiger partial charge on any atom is 0.253 e. The van der Waals surface area contributed by atoms with Gasteiger partial charge in [-0.3, -0.25) is 14.5 Å². The van der Waals surface area contributed by atoms with Gasteiger partial charge in [-0.2, -0.15) is 0 Å². The van der Waals surface area contributed by atoms with E-state index in [-0.39, 0.29) is 29.6 Å². The van der Waals surface area contributed by atoms with Gasteiger partial charge in [0.2, 0.25) is 5.91 Å². The summed E-state index contributed by atoms with van der Waals surface area (Å²) >= 11 is 0. The van der Waals surface area contributed by atoms with Crippen LogP contribution in [0.5, 0.6) is 0 Å². The molecule has 2 heterocycles. The lowest BCUT2D eigenvalue weighted by Gasteiger charge is -2.32. The van der Waals surface area contributed by atoms with E-state index in [1.54, 1.807) is 4.90 Å². The summed E-state index contributed by atoms with van der Waals surface area (Å²) in [7, 11) is 0. The van der Waals surface area contributed by atoms with Crippen LogP contribution in [0.1, 0.15) is 35.2 Å². The van der Waals surface area contributed by atoms with E-state index in [0.717, 1.165) is 26.1 Å². The third kappa shape index (κ3) is 5.05. The number of carbonyl (C=O) groups is 2. The molecule has 2 amide bonds. The van der Waals surface area contributed by atoms with Gasteiger partial charge in [-0.25, -0.2) is 4.39 Å². The van der Waals surface area contributed by atoms with Crippen LogP contribution >= 0.6 is 0 Å². The van der Waals surface area contributed by atoms with Crippen LogP contribution in [0.2, 0.25) is 0 Å². The highest BCUT2D eigenvalue weighted by atomic mass is 19.1. The van der Waals surface area contributed by atoms with Crippen molar-refractivity contribution in [2.24, 2.45) is 5.92 Å². The molecule has 2 aromatic carbocycles. The minimum atomic E-state index is -0.351. The maximum atomic E-state index is 13.1. The van der Waals surface area contributed by atoms with Crippen LogP contribution in [0.25, 0.3) is 0 Å². The molecule has 2 aliphatic rings. The molecule has 0 saturated carbocycles.